The molecule has 0 spiro atoms. The number of hydrogen-bond acceptors (Lipinski definition) is 13. The Morgan fingerprint density at radius 1 is 0.549 bits per heavy atom. The van der Waals surface area contributed by atoms with Crippen LogP contribution < -0.4 is 17.2 Å². The highest BCUT2D eigenvalue weighted by Gasteiger charge is 2.20. The predicted molar refractivity (Wildman–Crippen MR) is 176 cm³/mol. The number of carboxylic acid groups (broad SMARTS) is 5. The third-order valence-corrected chi connectivity index (χ3v) is 5.83. The lowest BCUT2D eigenvalue weighted by Crippen LogP contribution is -2.15. The van der Waals surface area contributed by atoms with Crippen LogP contribution in [0.4, 0.5) is 28.4 Å². The predicted octanol–water partition coefficient (Wildman–Crippen LogP) is 3.30. The fourth-order valence-electron chi connectivity index (χ4n) is 3.52. The summed E-state index contributed by atoms with van der Waals surface area (Å²) in [6, 6.07) is 18.4. The van der Waals surface area contributed by atoms with Gasteiger partial charge in [-0.2, -0.15) is 0 Å². The second-order valence-corrected chi connectivity index (χ2v) is 9.51. The number of ketones is 1. The Morgan fingerprint density at radius 3 is 1.49 bits per heavy atom. The summed E-state index contributed by atoms with van der Waals surface area (Å²) < 4.78 is 0. The lowest BCUT2D eigenvalue weighted by molar-refractivity contribution is -0.385. The summed E-state index contributed by atoms with van der Waals surface area (Å²) in [5, 5.41) is 63.4. The SMILES string of the molecule is Nc1cc(N)cc(C(=O)O)c1.Nc1ccc(C(=O)O)cc1.O=C(O)C(=O)Cc1ccccc1[N+](=O)[O-].O=C(O)c1ccc([N+](=O)[O-])cc1C(=O)O. The molecule has 51 heavy (non-hydrogen) atoms. The average Bonchev–Trinajstić information content (AvgIpc) is 3.05. The van der Waals surface area contributed by atoms with Crippen molar-refractivity contribution in [3.63, 3.8) is 0 Å². The number of hydrogen-bond donors (Lipinski definition) is 8. The molecular weight excluding hydrogens is 682 g/mol. The number of nitrogens with zero attached hydrogens (tertiary/aromatic N) is 2. The molecule has 0 heterocycles. The number of aromatic carboxylic acids is 4. The van der Waals surface area contributed by atoms with E-state index in [0.717, 1.165) is 12.1 Å². The molecular formula is C31H27N5O15. The summed E-state index contributed by atoms with van der Waals surface area (Å²) >= 11 is 0. The van der Waals surface area contributed by atoms with E-state index in [9.17, 15) is 49.0 Å². The van der Waals surface area contributed by atoms with Crippen LogP contribution in [0.25, 0.3) is 0 Å². The number of anilines is 3. The van der Waals surface area contributed by atoms with Crippen LogP contribution >= 0.6 is 0 Å². The van der Waals surface area contributed by atoms with E-state index in [-0.39, 0.29) is 22.4 Å². The van der Waals surface area contributed by atoms with Crippen molar-refractivity contribution < 1.29 is 64.1 Å². The number of carbonyl (C=O) groups excluding carboxylic acids is 1. The molecule has 20 nitrogen and oxygen atoms in total. The monoisotopic (exact) mass is 709 g/mol. The van der Waals surface area contributed by atoms with Gasteiger partial charge in [0.15, 0.2) is 0 Å². The number of carboxylic acids is 5. The number of carbonyl (C=O) groups is 6. The molecule has 4 aromatic carbocycles. The van der Waals surface area contributed by atoms with Gasteiger partial charge >= 0.3 is 29.8 Å². The third kappa shape index (κ3) is 13.8. The van der Waals surface area contributed by atoms with E-state index in [1.54, 1.807) is 12.1 Å². The van der Waals surface area contributed by atoms with Gasteiger partial charge < -0.3 is 42.7 Å². The number of para-hydroxylation sites is 1. The van der Waals surface area contributed by atoms with Crippen LogP contribution in [0.3, 0.4) is 0 Å². The third-order valence-electron chi connectivity index (χ3n) is 5.83. The van der Waals surface area contributed by atoms with Crippen LogP contribution in [0, 0.1) is 20.2 Å². The number of benzene rings is 4. The molecule has 4 rings (SSSR count). The largest absolute Gasteiger partial charge is 0.478 e. The van der Waals surface area contributed by atoms with Crippen molar-refractivity contribution in [1.82, 2.24) is 0 Å². The smallest absolute Gasteiger partial charge is 0.372 e. The number of aliphatic carboxylic acids is 1. The fraction of sp³-hybridized carbons (Fsp3) is 0.0323. The van der Waals surface area contributed by atoms with Crippen LogP contribution in [0.1, 0.15) is 47.0 Å². The zero-order valence-electron chi connectivity index (χ0n) is 25.7. The van der Waals surface area contributed by atoms with Crippen LogP contribution in [0.5, 0.6) is 0 Å². The van der Waals surface area contributed by atoms with E-state index in [0.29, 0.717) is 23.1 Å². The standard InChI is InChI=1S/C9H7NO5.C8H5NO6.C7H8N2O2.C7H7NO2/c11-8(9(12)13)5-6-3-1-2-4-7(6)10(14)15;10-7(11)5-2-1-4(9(14)15)3-6(5)8(12)13;8-5-1-4(7(10)11)2-6(9)3-5;8-6-3-1-5(2-4-6)7(9)10/h1-4H,5H2,(H,12,13);1-3H,(H,10,11)(H,12,13);1-3H,8-9H2,(H,10,11);1-4H,8H2,(H,9,10). The van der Waals surface area contributed by atoms with Crippen LogP contribution in [-0.4, -0.2) is 71.0 Å². The quantitative estimate of drug-likeness (QED) is 0.0534. The summed E-state index contributed by atoms with van der Waals surface area (Å²) in [5.41, 5.74) is 16.0. The lowest BCUT2D eigenvalue weighted by atomic mass is 10.1. The van der Waals surface area contributed by atoms with Gasteiger partial charge in [0.1, 0.15) is 0 Å². The van der Waals surface area contributed by atoms with Crippen LogP contribution in [-0.2, 0) is 16.0 Å². The van der Waals surface area contributed by atoms with Crippen molar-refractivity contribution in [3.8, 4) is 0 Å². The van der Waals surface area contributed by atoms with Gasteiger partial charge in [-0.05, 0) is 48.5 Å². The second-order valence-electron chi connectivity index (χ2n) is 9.51. The Labute approximate surface area is 284 Å². The summed E-state index contributed by atoms with van der Waals surface area (Å²) in [6.07, 6.45) is -0.466. The molecule has 0 saturated heterocycles. The molecule has 0 saturated carbocycles. The summed E-state index contributed by atoms with van der Waals surface area (Å²) in [5.74, 6) is -7.57. The maximum absolute atomic E-state index is 10.9. The van der Waals surface area contributed by atoms with Crippen molar-refractivity contribution in [3.05, 3.63) is 133 Å². The molecule has 0 unspecified atom stereocenters. The number of nitrogen functional groups attached to an aromatic ring is 3. The summed E-state index contributed by atoms with van der Waals surface area (Å²) in [6.45, 7) is 0. The van der Waals surface area contributed by atoms with Crippen molar-refractivity contribution >= 4 is 64.1 Å². The van der Waals surface area contributed by atoms with E-state index >= 15 is 0 Å². The Kier molecular flexibility index (Phi) is 15.4. The zero-order chi connectivity index (χ0) is 39.0. The highest BCUT2D eigenvalue weighted by atomic mass is 16.6. The number of nitrogens with two attached hydrogens (primary N) is 3. The summed E-state index contributed by atoms with van der Waals surface area (Å²) in [7, 11) is 0. The van der Waals surface area contributed by atoms with Crippen molar-refractivity contribution in [2.24, 2.45) is 0 Å². The number of rotatable bonds is 9. The topological polar surface area (TPSA) is 368 Å². The van der Waals surface area contributed by atoms with Crippen LogP contribution in [0.2, 0.25) is 0 Å². The zero-order valence-corrected chi connectivity index (χ0v) is 25.7. The maximum atomic E-state index is 10.9. The Morgan fingerprint density at radius 2 is 1.06 bits per heavy atom. The average molecular weight is 710 g/mol. The fourth-order valence-corrected chi connectivity index (χ4v) is 3.52. The molecule has 11 N–H and O–H groups in total. The Hall–Kier alpha value is -7.90. The molecule has 0 radical (unpaired) electrons. The molecule has 4 aromatic rings. The molecule has 0 aliphatic heterocycles. The van der Waals surface area contributed by atoms with Gasteiger partial charge in [0.25, 0.3) is 11.4 Å². The maximum Gasteiger partial charge on any atom is 0.372 e. The molecule has 0 aliphatic carbocycles. The minimum absolute atomic E-state index is 0.106. The molecule has 0 amide bonds. The van der Waals surface area contributed by atoms with Gasteiger partial charge in [0, 0.05) is 47.2 Å². The molecule has 0 fully saturated rings. The van der Waals surface area contributed by atoms with Gasteiger partial charge in [0.05, 0.1) is 32.1 Å². The van der Waals surface area contributed by atoms with Gasteiger partial charge in [-0.15, -0.1) is 0 Å². The molecule has 20 heteroatoms. The van der Waals surface area contributed by atoms with Crippen molar-refractivity contribution in [1.29, 1.82) is 0 Å². The second kappa shape index (κ2) is 19.0. The first kappa shape index (κ1) is 41.1. The summed E-state index contributed by atoms with van der Waals surface area (Å²) in [4.78, 5) is 82.4. The number of nitro benzene ring substituents is 2. The number of non-ortho nitro benzene ring substituents is 1. The van der Waals surface area contributed by atoms with E-state index in [1.165, 1.54) is 54.6 Å². The molecule has 0 bridgehead atoms. The first-order chi connectivity index (χ1) is 23.7. The normalized spacial score (nSPS) is 9.49. The molecule has 0 aromatic heterocycles. The Balaban J connectivity index is 0.000000345. The molecule has 266 valence electrons. The first-order valence-corrected chi connectivity index (χ1v) is 13.5. The van der Waals surface area contributed by atoms with Gasteiger partial charge in [-0.25, -0.2) is 24.0 Å². The van der Waals surface area contributed by atoms with E-state index in [1.807, 2.05) is 0 Å². The highest BCUT2D eigenvalue weighted by molar-refractivity contribution is 6.33. The van der Waals surface area contributed by atoms with Crippen molar-refractivity contribution in [2.45, 2.75) is 6.42 Å². The first-order valence-electron chi connectivity index (χ1n) is 13.5. The Bertz CT molecular complexity index is 1960. The van der Waals surface area contributed by atoms with Gasteiger partial charge in [0.2, 0.25) is 5.78 Å². The number of nitro groups is 2. The van der Waals surface area contributed by atoms with Gasteiger partial charge in [-0.3, -0.25) is 25.0 Å². The van der Waals surface area contributed by atoms with Gasteiger partial charge in [-0.1, -0.05) is 18.2 Å². The molecule has 0 atom stereocenters. The minimum atomic E-state index is -1.59. The van der Waals surface area contributed by atoms with Crippen molar-refractivity contribution in [2.75, 3.05) is 17.2 Å². The number of Topliss-reactive ketones (excluding diaryl/α,β-unsaturated/α-hetero) is 1. The lowest BCUT2D eigenvalue weighted by Gasteiger charge is -2.00. The minimum Gasteiger partial charge on any atom is -0.478 e. The van der Waals surface area contributed by atoms with Crippen LogP contribution in [0.15, 0.2) is 84.9 Å². The molecule has 0 aliphatic rings. The van der Waals surface area contributed by atoms with E-state index < -0.39 is 68.7 Å². The van der Waals surface area contributed by atoms with E-state index in [2.05, 4.69) is 0 Å². The highest BCUT2D eigenvalue weighted by Crippen LogP contribution is 2.19. The van der Waals surface area contributed by atoms with E-state index in [4.69, 9.17) is 42.7 Å².